The Morgan fingerprint density at radius 2 is 2.15 bits per heavy atom. The largest absolute Gasteiger partial charge is 0.330 e. The molecule has 106 valence electrons. The Balaban J connectivity index is 1.95. The van der Waals surface area contributed by atoms with E-state index in [1.165, 1.54) is 0 Å². The summed E-state index contributed by atoms with van der Waals surface area (Å²) in [5.74, 6) is 0.272. The minimum Gasteiger partial charge on any atom is -0.330 e. The van der Waals surface area contributed by atoms with Crippen LogP contribution in [0.3, 0.4) is 0 Å². The molecule has 0 aliphatic heterocycles. The van der Waals surface area contributed by atoms with Gasteiger partial charge in [-0.25, -0.2) is 4.98 Å². The molecule has 0 bridgehead atoms. The van der Waals surface area contributed by atoms with Gasteiger partial charge in [-0.3, -0.25) is 4.79 Å². The van der Waals surface area contributed by atoms with E-state index in [4.69, 9.17) is 5.73 Å². The summed E-state index contributed by atoms with van der Waals surface area (Å²) in [5.41, 5.74) is 7.48. The van der Waals surface area contributed by atoms with Crippen LogP contribution in [0, 0.1) is 5.92 Å². The van der Waals surface area contributed by atoms with Crippen LogP contribution >= 0.6 is 11.3 Å². The van der Waals surface area contributed by atoms with Gasteiger partial charge in [0.2, 0.25) is 5.91 Å². The Hall–Kier alpha value is -1.72. The van der Waals surface area contributed by atoms with Gasteiger partial charge in [-0.1, -0.05) is 13.3 Å². The fourth-order valence-corrected chi connectivity index (χ4v) is 2.58. The zero-order valence-electron chi connectivity index (χ0n) is 11.5. The molecule has 0 saturated heterocycles. The molecule has 0 radical (unpaired) electrons. The van der Waals surface area contributed by atoms with Crippen molar-refractivity contribution in [3.63, 3.8) is 0 Å². The van der Waals surface area contributed by atoms with Crippen molar-refractivity contribution in [1.29, 1.82) is 0 Å². The van der Waals surface area contributed by atoms with E-state index in [2.05, 4.69) is 10.3 Å². The number of nitrogens with one attached hydrogen (secondary N) is 1. The maximum absolute atomic E-state index is 11.9. The molecule has 1 aromatic carbocycles. The normalized spacial score (nSPS) is 12.1. The summed E-state index contributed by atoms with van der Waals surface area (Å²) in [6.45, 7) is 2.60. The number of nitrogens with zero attached hydrogens (tertiary/aromatic N) is 1. The molecule has 20 heavy (non-hydrogen) atoms. The van der Waals surface area contributed by atoms with Crippen molar-refractivity contribution in [3.8, 4) is 10.6 Å². The first-order valence-electron chi connectivity index (χ1n) is 6.72. The van der Waals surface area contributed by atoms with E-state index < -0.39 is 0 Å². The molecule has 0 saturated carbocycles. The number of carbonyl (C=O) groups is 1. The highest BCUT2D eigenvalue weighted by atomic mass is 32.1. The topological polar surface area (TPSA) is 68.0 Å². The molecule has 3 N–H and O–H groups in total. The van der Waals surface area contributed by atoms with Crippen molar-refractivity contribution in [2.75, 3.05) is 11.9 Å². The lowest BCUT2D eigenvalue weighted by Gasteiger charge is -2.12. The summed E-state index contributed by atoms with van der Waals surface area (Å²) in [6.07, 6.45) is 3.18. The van der Waals surface area contributed by atoms with E-state index in [1.54, 1.807) is 17.5 Å². The molecule has 1 aromatic heterocycles. The standard InChI is InChI=1S/C15H19N3OS/c1-2-11(10-16)9-14(19)18-13-5-3-12(4-6-13)15-17-7-8-20-15/h3-8,11H,2,9-10,16H2,1H3,(H,18,19). The molecule has 5 heteroatoms. The van der Waals surface area contributed by atoms with Crippen LogP contribution in [0.15, 0.2) is 35.8 Å². The van der Waals surface area contributed by atoms with Crippen LogP contribution in [0.2, 0.25) is 0 Å². The zero-order chi connectivity index (χ0) is 14.4. The maximum Gasteiger partial charge on any atom is 0.224 e. The molecule has 0 spiro atoms. The predicted molar refractivity (Wildman–Crippen MR) is 83.6 cm³/mol. The number of carbonyl (C=O) groups excluding carboxylic acids is 1. The second-order valence-corrected chi connectivity index (χ2v) is 5.57. The number of nitrogens with two attached hydrogens (primary N) is 1. The molecule has 1 heterocycles. The van der Waals surface area contributed by atoms with Crippen LogP contribution in [0.25, 0.3) is 10.6 Å². The molecule has 2 rings (SSSR count). The van der Waals surface area contributed by atoms with Crippen molar-refractivity contribution in [2.45, 2.75) is 19.8 Å². The van der Waals surface area contributed by atoms with Crippen LogP contribution < -0.4 is 11.1 Å². The minimum absolute atomic E-state index is 0.0179. The molecular formula is C15H19N3OS. The van der Waals surface area contributed by atoms with Crippen LogP contribution in [0.5, 0.6) is 0 Å². The van der Waals surface area contributed by atoms with E-state index in [9.17, 15) is 4.79 Å². The van der Waals surface area contributed by atoms with Crippen LogP contribution in [-0.2, 0) is 4.79 Å². The van der Waals surface area contributed by atoms with Crippen LogP contribution in [-0.4, -0.2) is 17.4 Å². The van der Waals surface area contributed by atoms with Crippen molar-refractivity contribution >= 4 is 22.9 Å². The monoisotopic (exact) mass is 289 g/mol. The highest BCUT2D eigenvalue weighted by Gasteiger charge is 2.10. The number of benzene rings is 1. The summed E-state index contributed by atoms with van der Waals surface area (Å²) >= 11 is 1.60. The fourth-order valence-electron chi connectivity index (χ4n) is 1.93. The minimum atomic E-state index is 0.0179. The molecule has 4 nitrogen and oxygen atoms in total. The van der Waals surface area contributed by atoms with Gasteiger partial charge in [-0.05, 0) is 36.7 Å². The number of hydrogen-bond donors (Lipinski definition) is 2. The Morgan fingerprint density at radius 3 is 2.70 bits per heavy atom. The Morgan fingerprint density at radius 1 is 1.40 bits per heavy atom. The van der Waals surface area contributed by atoms with Crippen molar-refractivity contribution < 1.29 is 4.79 Å². The molecule has 2 aromatic rings. The third kappa shape index (κ3) is 3.88. The average Bonchev–Trinajstić information content (AvgIpc) is 2.99. The Labute approximate surface area is 123 Å². The Kier molecular flexibility index (Phi) is 5.26. The molecule has 0 aliphatic carbocycles. The lowest BCUT2D eigenvalue weighted by molar-refractivity contribution is -0.117. The summed E-state index contributed by atoms with van der Waals surface area (Å²) in [7, 11) is 0. The molecule has 1 atom stereocenters. The maximum atomic E-state index is 11.9. The number of rotatable bonds is 6. The fraction of sp³-hybridized carbons (Fsp3) is 0.333. The van der Waals surface area contributed by atoms with Gasteiger partial charge in [-0.2, -0.15) is 0 Å². The van der Waals surface area contributed by atoms with Crippen LogP contribution in [0.1, 0.15) is 19.8 Å². The third-order valence-corrected chi connectivity index (χ3v) is 4.05. The van der Waals surface area contributed by atoms with Gasteiger partial charge >= 0.3 is 0 Å². The number of hydrogen-bond acceptors (Lipinski definition) is 4. The first-order chi connectivity index (χ1) is 9.72. The molecule has 0 fully saturated rings. The van der Waals surface area contributed by atoms with Gasteiger partial charge in [0, 0.05) is 29.2 Å². The second-order valence-electron chi connectivity index (χ2n) is 4.68. The van der Waals surface area contributed by atoms with Crippen molar-refractivity contribution in [3.05, 3.63) is 35.8 Å². The third-order valence-electron chi connectivity index (χ3n) is 3.23. The van der Waals surface area contributed by atoms with Gasteiger partial charge in [0.05, 0.1) is 0 Å². The summed E-state index contributed by atoms with van der Waals surface area (Å²) in [6, 6.07) is 7.74. The highest BCUT2D eigenvalue weighted by Crippen LogP contribution is 2.23. The molecule has 1 unspecified atom stereocenters. The number of anilines is 1. The van der Waals surface area contributed by atoms with E-state index in [0.717, 1.165) is 22.7 Å². The number of thiazole rings is 1. The van der Waals surface area contributed by atoms with Gasteiger partial charge in [0.15, 0.2) is 0 Å². The first-order valence-corrected chi connectivity index (χ1v) is 7.60. The van der Waals surface area contributed by atoms with Gasteiger partial charge in [-0.15, -0.1) is 11.3 Å². The predicted octanol–water partition coefficient (Wildman–Crippen LogP) is 3.12. The van der Waals surface area contributed by atoms with Crippen LogP contribution in [0.4, 0.5) is 5.69 Å². The number of amides is 1. The molecular weight excluding hydrogens is 270 g/mol. The lowest BCUT2D eigenvalue weighted by Crippen LogP contribution is -2.21. The molecule has 0 aliphatic rings. The van der Waals surface area contributed by atoms with E-state index >= 15 is 0 Å². The van der Waals surface area contributed by atoms with Gasteiger partial charge in [0.1, 0.15) is 5.01 Å². The average molecular weight is 289 g/mol. The quantitative estimate of drug-likeness (QED) is 0.858. The summed E-state index contributed by atoms with van der Waals surface area (Å²) in [4.78, 5) is 16.1. The van der Waals surface area contributed by atoms with Gasteiger partial charge in [0.25, 0.3) is 0 Å². The second kappa shape index (κ2) is 7.17. The van der Waals surface area contributed by atoms with E-state index in [0.29, 0.717) is 13.0 Å². The highest BCUT2D eigenvalue weighted by molar-refractivity contribution is 7.13. The van der Waals surface area contributed by atoms with Crippen molar-refractivity contribution in [2.24, 2.45) is 11.7 Å². The SMILES string of the molecule is CCC(CN)CC(=O)Nc1ccc(-c2nccs2)cc1. The first kappa shape index (κ1) is 14.7. The van der Waals surface area contributed by atoms with E-state index in [-0.39, 0.29) is 11.8 Å². The van der Waals surface area contributed by atoms with Crippen molar-refractivity contribution in [1.82, 2.24) is 4.98 Å². The summed E-state index contributed by atoms with van der Waals surface area (Å²) < 4.78 is 0. The van der Waals surface area contributed by atoms with Gasteiger partial charge < -0.3 is 11.1 Å². The summed E-state index contributed by atoms with van der Waals surface area (Å²) in [5, 5.41) is 5.83. The zero-order valence-corrected chi connectivity index (χ0v) is 12.3. The van der Waals surface area contributed by atoms with E-state index in [1.807, 2.05) is 36.6 Å². The molecule has 1 amide bonds. The Bertz CT molecular complexity index is 533. The number of aromatic nitrogens is 1. The lowest BCUT2D eigenvalue weighted by atomic mass is 10.0. The smallest absolute Gasteiger partial charge is 0.224 e.